The van der Waals surface area contributed by atoms with E-state index in [0.29, 0.717) is 32.5 Å². The Balaban J connectivity index is 1.64. The summed E-state index contributed by atoms with van der Waals surface area (Å²) in [5, 5.41) is 2.57. The zero-order chi connectivity index (χ0) is 21.4. The maximum atomic E-state index is 14.9. The Morgan fingerprint density at radius 2 is 1.97 bits per heavy atom. The van der Waals surface area contributed by atoms with Gasteiger partial charge in [0.2, 0.25) is 0 Å². The normalized spacial score (nSPS) is 22.8. The highest BCUT2D eigenvalue weighted by atomic mass is 19.1. The van der Waals surface area contributed by atoms with Crippen LogP contribution in [0.1, 0.15) is 42.1 Å². The van der Waals surface area contributed by atoms with E-state index < -0.39 is 28.7 Å². The predicted molar refractivity (Wildman–Crippen MR) is 106 cm³/mol. The first-order chi connectivity index (χ1) is 14.3. The summed E-state index contributed by atoms with van der Waals surface area (Å²) in [6.45, 7) is 2.83. The maximum absolute atomic E-state index is 14.9. The average molecular weight is 416 g/mol. The number of aliphatic imine (C=N–C) groups is 1. The molecule has 7 nitrogen and oxygen atoms in total. The van der Waals surface area contributed by atoms with Gasteiger partial charge in [-0.1, -0.05) is 0 Å². The van der Waals surface area contributed by atoms with Crippen molar-refractivity contribution < 1.29 is 23.0 Å². The van der Waals surface area contributed by atoms with Crippen molar-refractivity contribution in [1.29, 1.82) is 0 Å². The molecule has 9 heteroatoms. The van der Waals surface area contributed by atoms with Crippen LogP contribution in [-0.4, -0.2) is 35.7 Å². The fourth-order valence-electron chi connectivity index (χ4n) is 4.09. The summed E-state index contributed by atoms with van der Waals surface area (Å²) in [6.07, 6.45) is 2.65. The maximum Gasteiger partial charge on any atom is 0.283 e. The molecule has 1 aromatic carbocycles. The summed E-state index contributed by atoms with van der Waals surface area (Å²) in [4.78, 5) is 20.8. The molecular formula is C21H22F2N4O3. The van der Waals surface area contributed by atoms with Crippen molar-refractivity contribution in [3.8, 4) is 0 Å². The van der Waals surface area contributed by atoms with Gasteiger partial charge in [0.05, 0.1) is 24.9 Å². The summed E-state index contributed by atoms with van der Waals surface area (Å²) in [7, 11) is 0. The largest absolute Gasteiger partial charge is 0.459 e. The van der Waals surface area contributed by atoms with Crippen LogP contribution in [0.4, 0.5) is 14.6 Å². The van der Waals surface area contributed by atoms with Crippen LogP contribution in [0, 0.1) is 11.6 Å². The number of hydrogen-bond donors (Lipinski definition) is 2. The average Bonchev–Trinajstić information content (AvgIpc) is 2.69. The van der Waals surface area contributed by atoms with Crippen molar-refractivity contribution in [3.63, 3.8) is 0 Å². The number of hydrogen-bond acceptors (Lipinski definition) is 6. The van der Waals surface area contributed by atoms with Crippen LogP contribution < -0.4 is 11.1 Å². The summed E-state index contributed by atoms with van der Waals surface area (Å²) < 4.78 is 39.1. The molecule has 30 heavy (non-hydrogen) atoms. The lowest BCUT2D eigenvalue weighted by atomic mass is 9.76. The lowest BCUT2D eigenvalue weighted by Crippen LogP contribution is -2.51. The number of nitrogens with zero attached hydrogens (tertiary/aromatic N) is 2. The van der Waals surface area contributed by atoms with E-state index in [9.17, 15) is 13.6 Å². The molecule has 3 N–H and O–H groups in total. The third kappa shape index (κ3) is 3.97. The third-order valence-corrected chi connectivity index (χ3v) is 5.53. The highest BCUT2D eigenvalue weighted by Gasteiger charge is 2.47. The second kappa shape index (κ2) is 7.64. The van der Waals surface area contributed by atoms with E-state index in [2.05, 4.69) is 15.3 Å². The molecule has 4 rings (SSSR count). The zero-order valence-electron chi connectivity index (χ0n) is 16.5. The molecule has 2 aromatic rings. The minimum absolute atomic E-state index is 0.00424. The van der Waals surface area contributed by atoms with E-state index >= 15 is 0 Å². The van der Waals surface area contributed by atoms with E-state index in [1.807, 2.05) is 0 Å². The molecule has 2 aliphatic heterocycles. The molecule has 3 heterocycles. The highest BCUT2D eigenvalue weighted by Crippen LogP contribution is 2.44. The van der Waals surface area contributed by atoms with Crippen molar-refractivity contribution >= 4 is 17.7 Å². The quantitative estimate of drug-likeness (QED) is 0.801. The number of ether oxygens (including phenoxy) is 2. The summed E-state index contributed by atoms with van der Waals surface area (Å²) in [6, 6.07) is 6.59. The molecule has 1 atom stereocenters. The summed E-state index contributed by atoms with van der Waals surface area (Å²) >= 11 is 0. The Morgan fingerprint density at radius 1 is 1.20 bits per heavy atom. The Hall–Kier alpha value is -3.07. The van der Waals surface area contributed by atoms with E-state index in [1.54, 1.807) is 6.92 Å². The number of nitrogens with two attached hydrogens (primary N) is 1. The van der Waals surface area contributed by atoms with E-state index in [-0.39, 0.29) is 23.0 Å². The van der Waals surface area contributed by atoms with Gasteiger partial charge >= 0.3 is 0 Å². The van der Waals surface area contributed by atoms with Gasteiger partial charge in [0, 0.05) is 30.4 Å². The number of carbonyl (C=O) groups is 1. The van der Waals surface area contributed by atoms with Crippen LogP contribution in [-0.2, 0) is 15.0 Å². The first-order valence-electron chi connectivity index (χ1n) is 9.64. The standard InChI is InChI=1S/C21H22F2N4O3/c1-20(12-21(30-19(24)27-20)6-8-29-9-7-21)15-10-13(2-4-16(15)23)18(28)26-17-5-3-14(22)11-25-17/h2-5,10-11H,6-9,12H2,1H3,(H2,24,27)(H,25,26,28). The van der Waals surface area contributed by atoms with E-state index in [0.717, 1.165) is 6.20 Å². The monoisotopic (exact) mass is 416 g/mol. The molecule has 0 saturated carbocycles. The summed E-state index contributed by atoms with van der Waals surface area (Å²) in [5.41, 5.74) is 4.85. The van der Waals surface area contributed by atoms with E-state index in [1.165, 1.54) is 30.3 Å². The van der Waals surface area contributed by atoms with Gasteiger partial charge < -0.3 is 20.5 Å². The summed E-state index contributed by atoms with van der Waals surface area (Å²) in [5.74, 6) is -1.31. The Morgan fingerprint density at radius 3 is 2.67 bits per heavy atom. The number of carbonyl (C=O) groups excluding carboxylic acids is 1. The predicted octanol–water partition coefficient (Wildman–Crippen LogP) is 3.11. The van der Waals surface area contributed by atoms with Gasteiger partial charge in [-0.3, -0.25) is 4.79 Å². The lowest BCUT2D eigenvalue weighted by Gasteiger charge is -2.45. The minimum atomic E-state index is -1.01. The van der Waals surface area contributed by atoms with E-state index in [4.69, 9.17) is 15.2 Å². The Labute approximate surface area is 172 Å². The molecule has 1 amide bonds. The van der Waals surface area contributed by atoms with Crippen molar-refractivity contribution in [2.24, 2.45) is 10.7 Å². The van der Waals surface area contributed by atoms with Crippen LogP contribution >= 0.6 is 0 Å². The van der Waals surface area contributed by atoms with Gasteiger partial charge in [0.1, 0.15) is 23.1 Å². The lowest BCUT2D eigenvalue weighted by molar-refractivity contribution is -0.0796. The number of halogens is 2. The molecular weight excluding hydrogens is 394 g/mol. The molecule has 158 valence electrons. The molecule has 2 aliphatic rings. The van der Waals surface area contributed by atoms with Gasteiger partial charge in [0.25, 0.3) is 11.9 Å². The Bertz CT molecular complexity index is 990. The topological polar surface area (TPSA) is 98.8 Å². The Kier molecular flexibility index (Phi) is 5.15. The smallest absolute Gasteiger partial charge is 0.283 e. The van der Waals surface area contributed by atoms with Gasteiger partial charge in [-0.2, -0.15) is 0 Å². The number of amidine groups is 1. The fraction of sp³-hybridized carbons (Fsp3) is 0.381. The van der Waals surface area contributed by atoms with Gasteiger partial charge in [-0.25, -0.2) is 18.8 Å². The number of amides is 1. The van der Waals surface area contributed by atoms with Crippen LogP contribution in [0.25, 0.3) is 0 Å². The molecule has 1 unspecified atom stereocenters. The van der Waals surface area contributed by atoms with Crippen LogP contribution in [0.2, 0.25) is 0 Å². The third-order valence-electron chi connectivity index (χ3n) is 5.53. The molecule has 0 radical (unpaired) electrons. The molecule has 0 aliphatic carbocycles. The molecule has 0 bridgehead atoms. The highest BCUT2D eigenvalue weighted by molar-refractivity contribution is 6.03. The van der Waals surface area contributed by atoms with Crippen LogP contribution in [0.5, 0.6) is 0 Å². The number of rotatable bonds is 3. The first kappa shape index (κ1) is 20.2. The number of nitrogens with one attached hydrogen (secondary N) is 1. The van der Waals surface area contributed by atoms with Gasteiger partial charge in [-0.05, 0) is 37.3 Å². The van der Waals surface area contributed by atoms with Crippen LogP contribution in [0.15, 0.2) is 41.5 Å². The number of benzene rings is 1. The second-order valence-electron chi connectivity index (χ2n) is 7.81. The van der Waals surface area contributed by atoms with Crippen molar-refractivity contribution in [2.45, 2.75) is 37.3 Å². The van der Waals surface area contributed by atoms with Gasteiger partial charge in [0.15, 0.2) is 0 Å². The molecule has 1 spiro atoms. The second-order valence-corrected chi connectivity index (χ2v) is 7.81. The molecule has 1 saturated heterocycles. The van der Waals surface area contributed by atoms with Crippen LogP contribution in [0.3, 0.4) is 0 Å². The minimum Gasteiger partial charge on any atom is -0.459 e. The molecule has 1 aromatic heterocycles. The SMILES string of the molecule is CC1(c2cc(C(=O)Nc3ccc(F)cn3)ccc2F)CC2(CCOCC2)OC(N)=N1. The number of anilines is 1. The molecule has 1 fully saturated rings. The number of pyridine rings is 1. The van der Waals surface area contributed by atoms with Crippen molar-refractivity contribution in [3.05, 3.63) is 59.3 Å². The van der Waals surface area contributed by atoms with Crippen molar-refractivity contribution in [1.82, 2.24) is 4.98 Å². The fourth-order valence-corrected chi connectivity index (χ4v) is 4.09. The van der Waals surface area contributed by atoms with Crippen molar-refractivity contribution in [2.75, 3.05) is 18.5 Å². The zero-order valence-corrected chi connectivity index (χ0v) is 16.5. The number of aromatic nitrogens is 1. The van der Waals surface area contributed by atoms with Gasteiger partial charge in [-0.15, -0.1) is 0 Å². The first-order valence-corrected chi connectivity index (χ1v) is 9.64.